The maximum Gasteiger partial charge on any atom is 0.303 e. The van der Waals surface area contributed by atoms with Gasteiger partial charge < -0.3 is 10.4 Å². The molecule has 0 aliphatic carbocycles. The van der Waals surface area contributed by atoms with E-state index in [1.807, 2.05) is 18.5 Å². The number of nitrogens with zero attached hydrogens (tertiary/aromatic N) is 2. The van der Waals surface area contributed by atoms with Gasteiger partial charge in [-0.2, -0.15) is 5.10 Å². The summed E-state index contributed by atoms with van der Waals surface area (Å²) in [6, 6.07) is 0. The van der Waals surface area contributed by atoms with Crippen molar-refractivity contribution in [2.45, 2.75) is 58.0 Å². The molecule has 1 amide bonds. The Labute approximate surface area is 118 Å². The molecule has 2 heterocycles. The van der Waals surface area contributed by atoms with Crippen LogP contribution in [0, 0.1) is 0 Å². The number of carbonyl (C=O) groups is 2. The third-order valence-corrected chi connectivity index (χ3v) is 3.64. The molecule has 20 heavy (non-hydrogen) atoms. The van der Waals surface area contributed by atoms with Crippen LogP contribution >= 0.6 is 0 Å². The number of hydrogen-bond donors (Lipinski definition) is 2. The first-order valence-corrected chi connectivity index (χ1v) is 6.98. The fraction of sp³-hybridized carbons (Fsp3) is 0.643. The van der Waals surface area contributed by atoms with E-state index in [0.717, 1.165) is 31.5 Å². The predicted molar refractivity (Wildman–Crippen MR) is 73.6 cm³/mol. The van der Waals surface area contributed by atoms with Crippen molar-refractivity contribution in [1.82, 2.24) is 15.1 Å². The lowest BCUT2D eigenvalue weighted by molar-refractivity contribution is -0.137. The number of carboxylic acid groups (broad SMARTS) is 1. The second-order valence-corrected chi connectivity index (χ2v) is 5.92. The largest absolute Gasteiger partial charge is 0.481 e. The van der Waals surface area contributed by atoms with E-state index in [1.54, 1.807) is 6.20 Å². The van der Waals surface area contributed by atoms with Gasteiger partial charge in [0.25, 0.3) is 5.91 Å². The van der Waals surface area contributed by atoms with E-state index in [2.05, 4.69) is 10.4 Å². The molecule has 1 aromatic heterocycles. The zero-order valence-electron chi connectivity index (χ0n) is 12.0. The number of carboxylic acids is 1. The Balaban J connectivity index is 2.04. The molecule has 2 N–H and O–H groups in total. The summed E-state index contributed by atoms with van der Waals surface area (Å²) in [6.07, 6.45) is 5.10. The van der Waals surface area contributed by atoms with Crippen molar-refractivity contribution in [2.24, 2.45) is 0 Å². The van der Waals surface area contributed by atoms with Crippen molar-refractivity contribution in [3.05, 3.63) is 17.5 Å². The minimum Gasteiger partial charge on any atom is -0.481 e. The summed E-state index contributed by atoms with van der Waals surface area (Å²) in [5.74, 6) is -1.02. The molecule has 0 bridgehead atoms. The molecular weight excluding hydrogens is 258 g/mol. The van der Waals surface area contributed by atoms with Gasteiger partial charge in [-0.25, -0.2) is 0 Å². The van der Waals surface area contributed by atoms with Crippen LogP contribution < -0.4 is 5.32 Å². The standard InChI is InChI=1S/C14H21N3O3/c1-14(2,7-6-12(18)19)16-13(20)10-9-15-17-8-4-3-5-11(10)17/h9H,3-8H2,1-2H3,(H,16,20)(H,18,19). The number of rotatable bonds is 5. The summed E-state index contributed by atoms with van der Waals surface area (Å²) in [5.41, 5.74) is 1.06. The van der Waals surface area contributed by atoms with Crippen molar-refractivity contribution in [3.63, 3.8) is 0 Å². The van der Waals surface area contributed by atoms with Crippen LogP contribution in [0.2, 0.25) is 0 Å². The zero-order valence-corrected chi connectivity index (χ0v) is 12.0. The molecule has 0 saturated heterocycles. The summed E-state index contributed by atoms with van der Waals surface area (Å²) in [5, 5.41) is 15.9. The van der Waals surface area contributed by atoms with Gasteiger partial charge >= 0.3 is 5.97 Å². The highest BCUT2D eigenvalue weighted by molar-refractivity contribution is 5.95. The lowest BCUT2D eigenvalue weighted by Crippen LogP contribution is -2.44. The van der Waals surface area contributed by atoms with Gasteiger partial charge in [-0.15, -0.1) is 0 Å². The summed E-state index contributed by atoms with van der Waals surface area (Å²) in [4.78, 5) is 23.0. The molecule has 0 fully saturated rings. The van der Waals surface area contributed by atoms with E-state index >= 15 is 0 Å². The lowest BCUT2D eigenvalue weighted by Gasteiger charge is -2.26. The number of hydrogen-bond acceptors (Lipinski definition) is 3. The highest BCUT2D eigenvalue weighted by Gasteiger charge is 2.25. The van der Waals surface area contributed by atoms with Crippen molar-refractivity contribution in [1.29, 1.82) is 0 Å². The molecule has 110 valence electrons. The molecule has 1 aliphatic heterocycles. The molecule has 0 saturated carbocycles. The summed E-state index contributed by atoms with van der Waals surface area (Å²) >= 11 is 0. The monoisotopic (exact) mass is 279 g/mol. The van der Waals surface area contributed by atoms with Crippen LogP contribution in [-0.2, 0) is 17.8 Å². The Hall–Kier alpha value is -1.85. The first kappa shape index (κ1) is 14.6. The number of aromatic nitrogens is 2. The van der Waals surface area contributed by atoms with Gasteiger partial charge in [0.1, 0.15) is 0 Å². The number of nitrogens with one attached hydrogen (secondary N) is 1. The quantitative estimate of drug-likeness (QED) is 0.857. The molecule has 1 aliphatic rings. The van der Waals surface area contributed by atoms with Gasteiger partial charge in [-0.05, 0) is 39.5 Å². The number of aliphatic carboxylic acids is 1. The Kier molecular flexibility index (Phi) is 4.11. The van der Waals surface area contributed by atoms with Crippen LogP contribution in [0.3, 0.4) is 0 Å². The maximum absolute atomic E-state index is 12.3. The average molecular weight is 279 g/mol. The fourth-order valence-corrected chi connectivity index (χ4v) is 2.47. The van der Waals surface area contributed by atoms with Gasteiger partial charge in [0, 0.05) is 18.5 Å². The van der Waals surface area contributed by atoms with Crippen LogP contribution in [0.1, 0.15) is 55.6 Å². The van der Waals surface area contributed by atoms with Crippen LogP contribution in [0.15, 0.2) is 6.20 Å². The molecule has 0 aromatic carbocycles. The summed E-state index contributed by atoms with van der Waals surface area (Å²) in [6.45, 7) is 4.54. The number of amides is 1. The van der Waals surface area contributed by atoms with E-state index in [-0.39, 0.29) is 12.3 Å². The fourth-order valence-electron chi connectivity index (χ4n) is 2.47. The summed E-state index contributed by atoms with van der Waals surface area (Å²) < 4.78 is 1.89. The molecule has 0 unspecified atom stereocenters. The van der Waals surface area contributed by atoms with Crippen LogP contribution in [-0.4, -0.2) is 32.3 Å². The van der Waals surface area contributed by atoms with E-state index in [9.17, 15) is 9.59 Å². The van der Waals surface area contributed by atoms with Crippen molar-refractivity contribution < 1.29 is 14.7 Å². The minimum absolute atomic E-state index is 0.0411. The number of carbonyl (C=O) groups excluding carboxylic acids is 1. The molecule has 0 radical (unpaired) electrons. The Morgan fingerprint density at radius 1 is 1.45 bits per heavy atom. The molecule has 6 nitrogen and oxygen atoms in total. The zero-order chi connectivity index (χ0) is 14.8. The second kappa shape index (κ2) is 5.64. The first-order chi connectivity index (χ1) is 9.39. The van der Waals surface area contributed by atoms with E-state index < -0.39 is 11.5 Å². The summed E-state index contributed by atoms with van der Waals surface area (Å²) in [7, 11) is 0. The van der Waals surface area contributed by atoms with E-state index in [4.69, 9.17) is 5.11 Å². The molecular formula is C14H21N3O3. The second-order valence-electron chi connectivity index (χ2n) is 5.92. The third-order valence-electron chi connectivity index (χ3n) is 3.64. The van der Waals surface area contributed by atoms with Crippen LogP contribution in [0.25, 0.3) is 0 Å². The van der Waals surface area contributed by atoms with Crippen molar-refractivity contribution in [3.8, 4) is 0 Å². The Morgan fingerprint density at radius 2 is 2.20 bits per heavy atom. The number of fused-ring (bicyclic) bond motifs is 1. The lowest BCUT2D eigenvalue weighted by atomic mass is 9.97. The van der Waals surface area contributed by atoms with Gasteiger partial charge in [-0.1, -0.05) is 0 Å². The van der Waals surface area contributed by atoms with Gasteiger partial charge in [0.05, 0.1) is 17.5 Å². The topological polar surface area (TPSA) is 84.2 Å². The van der Waals surface area contributed by atoms with Crippen LogP contribution in [0.4, 0.5) is 0 Å². The van der Waals surface area contributed by atoms with Crippen LogP contribution in [0.5, 0.6) is 0 Å². The van der Waals surface area contributed by atoms with E-state index in [0.29, 0.717) is 12.0 Å². The molecule has 0 spiro atoms. The highest BCUT2D eigenvalue weighted by Crippen LogP contribution is 2.19. The van der Waals surface area contributed by atoms with Crippen molar-refractivity contribution in [2.75, 3.05) is 0 Å². The van der Waals surface area contributed by atoms with Gasteiger partial charge in [0.15, 0.2) is 0 Å². The molecule has 2 rings (SSSR count). The molecule has 1 aromatic rings. The predicted octanol–water partition coefficient (Wildman–Crippen LogP) is 1.59. The molecule has 0 atom stereocenters. The van der Waals surface area contributed by atoms with Crippen molar-refractivity contribution >= 4 is 11.9 Å². The maximum atomic E-state index is 12.3. The normalized spacial score (nSPS) is 14.7. The Bertz CT molecular complexity index is 520. The molecule has 6 heteroatoms. The highest BCUT2D eigenvalue weighted by atomic mass is 16.4. The SMILES string of the molecule is CC(C)(CCC(=O)O)NC(=O)c1cnn2c1CCCC2. The van der Waals surface area contributed by atoms with Gasteiger partial charge in [-0.3, -0.25) is 14.3 Å². The Morgan fingerprint density at radius 3 is 2.90 bits per heavy atom. The number of aryl methyl sites for hydroxylation is 1. The smallest absolute Gasteiger partial charge is 0.303 e. The van der Waals surface area contributed by atoms with E-state index in [1.165, 1.54) is 0 Å². The van der Waals surface area contributed by atoms with Gasteiger partial charge in [0.2, 0.25) is 0 Å². The minimum atomic E-state index is -0.852. The first-order valence-electron chi connectivity index (χ1n) is 6.98. The third kappa shape index (κ3) is 3.37. The average Bonchev–Trinajstić information content (AvgIpc) is 2.80.